The minimum Gasteiger partial charge on any atom is -0.481 e. The summed E-state index contributed by atoms with van der Waals surface area (Å²) in [6.07, 6.45) is 6.60. The number of carboxylic acid groups (broad SMARTS) is 6. The molecule has 14 unspecified atom stereocenters. The largest absolute Gasteiger partial charge is 0.481 e. The molecule has 0 aromatic carbocycles. The van der Waals surface area contributed by atoms with Crippen LogP contribution in [0.25, 0.3) is 0 Å². The van der Waals surface area contributed by atoms with Crippen LogP contribution in [0.3, 0.4) is 0 Å². The average molecular weight is 1130 g/mol. The monoisotopic (exact) mass is 1130 g/mol. The summed E-state index contributed by atoms with van der Waals surface area (Å²) in [5, 5.41) is 74.8. The van der Waals surface area contributed by atoms with Gasteiger partial charge in [-0.05, 0) is 147 Å². The lowest BCUT2D eigenvalue weighted by Crippen LogP contribution is -2.54. The molecular formula is C55H80N6O19. The maximum Gasteiger partial charge on any atom is 0.307 e. The summed E-state index contributed by atoms with van der Waals surface area (Å²) in [6.45, 7) is 2.12. The summed E-state index contributed by atoms with van der Waals surface area (Å²) in [4.78, 5) is 155. The molecule has 7 aliphatic rings. The molecule has 7 aliphatic carbocycles. The molecule has 80 heavy (non-hydrogen) atoms. The molecule has 0 saturated heterocycles. The van der Waals surface area contributed by atoms with Gasteiger partial charge in [0.15, 0.2) is 0 Å². The van der Waals surface area contributed by atoms with Crippen molar-refractivity contribution in [3.8, 4) is 0 Å². The third-order valence-corrected chi connectivity index (χ3v) is 19.1. The molecule has 7 fully saturated rings. The molecule has 0 aromatic rings. The van der Waals surface area contributed by atoms with Gasteiger partial charge in [0.2, 0.25) is 35.4 Å². The van der Waals surface area contributed by atoms with E-state index in [0.29, 0.717) is 76.5 Å². The van der Waals surface area contributed by atoms with E-state index in [4.69, 9.17) is 10.5 Å². The van der Waals surface area contributed by atoms with Crippen molar-refractivity contribution in [3.05, 3.63) is 0 Å². The third kappa shape index (κ3) is 15.1. The van der Waals surface area contributed by atoms with Gasteiger partial charge in [0, 0.05) is 30.2 Å². The predicted molar refractivity (Wildman–Crippen MR) is 276 cm³/mol. The van der Waals surface area contributed by atoms with Crippen molar-refractivity contribution >= 4 is 71.3 Å². The number of amides is 6. The third-order valence-electron chi connectivity index (χ3n) is 19.1. The van der Waals surface area contributed by atoms with Gasteiger partial charge in [0.05, 0.1) is 83.2 Å². The second kappa shape index (κ2) is 26.9. The predicted octanol–water partition coefficient (Wildman–Crippen LogP) is 1.87. The minimum absolute atomic E-state index is 0.148. The van der Waals surface area contributed by atoms with Crippen LogP contribution in [-0.4, -0.2) is 144 Å². The van der Waals surface area contributed by atoms with Crippen LogP contribution in [0, 0.1) is 76.9 Å². The number of nitrogens with one attached hydrogen (secondary N) is 5. The quantitative estimate of drug-likeness (QED) is 0.0878. The van der Waals surface area contributed by atoms with Gasteiger partial charge in [-0.15, -0.1) is 0 Å². The maximum atomic E-state index is 14.1. The highest BCUT2D eigenvalue weighted by Gasteiger charge is 2.53. The summed E-state index contributed by atoms with van der Waals surface area (Å²) < 4.78 is 6.43. The van der Waals surface area contributed by atoms with E-state index in [1.807, 2.05) is 0 Å². The summed E-state index contributed by atoms with van der Waals surface area (Å²) >= 11 is 0. The number of hydrogen-bond donors (Lipinski definition) is 12. The second-order valence-corrected chi connectivity index (χ2v) is 24.3. The lowest BCUT2D eigenvalue weighted by molar-refractivity contribution is -0.160. The van der Waals surface area contributed by atoms with Crippen LogP contribution in [0.5, 0.6) is 0 Å². The number of nitrogens with two attached hydrogens (primary N) is 1. The maximum absolute atomic E-state index is 14.1. The van der Waals surface area contributed by atoms with E-state index in [2.05, 4.69) is 33.5 Å². The number of ether oxygens (including phenoxy) is 1. The van der Waals surface area contributed by atoms with E-state index >= 15 is 0 Å². The molecule has 13 N–H and O–H groups in total. The van der Waals surface area contributed by atoms with E-state index in [-0.39, 0.29) is 56.0 Å². The molecule has 6 amide bonds. The first-order valence-electron chi connectivity index (χ1n) is 28.7. The fraction of sp³-hybridized carbons (Fsp3) is 0.782. The Morgan fingerprint density at radius 3 is 0.825 bits per heavy atom. The van der Waals surface area contributed by atoms with Crippen LogP contribution < -0.4 is 32.3 Å². The molecule has 25 nitrogen and oxygen atoms in total. The fourth-order valence-corrected chi connectivity index (χ4v) is 14.4. The molecule has 7 rings (SSSR count). The van der Waals surface area contributed by atoms with E-state index < -0.39 is 174 Å². The van der Waals surface area contributed by atoms with Gasteiger partial charge in [-0.25, -0.2) is 0 Å². The Morgan fingerprint density at radius 2 is 0.550 bits per heavy atom. The molecule has 0 heterocycles. The number of rotatable bonds is 19. The molecule has 0 bridgehead atoms. The molecular weight excluding hydrogens is 1050 g/mol. The molecule has 25 heteroatoms. The molecule has 0 aliphatic heterocycles. The average Bonchev–Trinajstić information content (AvgIpc) is 3.42. The second-order valence-electron chi connectivity index (χ2n) is 24.3. The van der Waals surface area contributed by atoms with E-state index in [1.165, 1.54) is 0 Å². The topological polar surface area (TPSA) is 422 Å². The highest BCUT2D eigenvalue weighted by molar-refractivity contribution is 5.92. The Labute approximate surface area is 462 Å². The zero-order valence-corrected chi connectivity index (χ0v) is 45.2. The summed E-state index contributed by atoms with van der Waals surface area (Å²) in [6, 6.07) is -1.96. The van der Waals surface area contributed by atoms with Gasteiger partial charge in [0.25, 0.3) is 0 Å². The van der Waals surface area contributed by atoms with Gasteiger partial charge in [-0.2, -0.15) is 0 Å². The van der Waals surface area contributed by atoms with Gasteiger partial charge >= 0.3 is 35.8 Å². The lowest BCUT2D eigenvalue weighted by Gasteiger charge is -2.40. The molecule has 0 radical (unpaired) electrons. The van der Waals surface area contributed by atoms with E-state index in [0.717, 1.165) is 25.7 Å². The summed E-state index contributed by atoms with van der Waals surface area (Å²) in [5.74, 6) is -26.9. The van der Waals surface area contributed by atoms with Gasteiger partial charge in [-0.1, -0.05) is 6.92 Å². The zero-order valence-electron chi connectivity index (χ0n) is 45.2. The van der Waals surface area contributed by atoms with Crippen LogP contribution in [0.15, 0.2) is 0 Å². The van der Waals surface area contributed by atoms with Crippen LogP contribution in [0.2, 0.25) is 0 Å². The minimum atomic E-state index is -1.43. The number of carbonyl (C=O) groups excluding carboxylic acids is 6. The van der Waals surface area contributed by atoms with Crippen LogP contribution in [-0.2, 0) is 62.3 Å². The van der Waals surface area contributed by atoms with Crippen molar-refractivity contribution in [2.24, 2.45) is 82.7 Å². The SMILES string of the molecule is CC1CCC(NC(=O)C2CC(C(=O)NC3CCCC(NC(=O)C4CC(C(=O)NC5CCC(OC6CCC(NC(=O)C7CC(C(N)=O)C(C(=O)O)CC7C(=O)O)CC6)CC5)C(C(=O)O)CC4C(=O)O)C3)C(C(=O)O)CC2C(=O)O)CC1. The van der Waals surface area contributed by atoms with Crippen molar-refractivity contribution in [1.29, 1.82) is 0 Å². The molecule has 0 spiro atoms. The van der Waals surface area contributed by atoms with Gasteiger partial charge < -0.3 is 67.7 Å². The van der Waals surface area contributed by atoms with Gasteiger partial charge in [0.1, 0.15) is 0 Å². The Hall–Kier alpha value is -6.40. The normalized spacial score (nSPS) is 37.5. The van der Waals surface area contributed by atoms with Crippen molar-refractivity contribution in [2.45, 2.75) is 191 Å². The number of primary amides is 1. The Bertz CT molecular complexity index is 2360. The smallest absolute Gasteiger partial charge is 0.307 e. The van der Waals surface area contributed by atoms with Crippen molar-refractivity contribution < 1.29 is 92.9 Å². The summed E-state index contributed by atoms with van der Waals surface area (Å²) in [5.41, 5.74) is 5.45. The number of carboxylic acids is 6. The van der Waals surface area contributed by atoms with Crippen LogP contribution >= 0.6 is 0 Å². The Morgan fingerprint density at radius 1 is 0.312 bits per heavy atom. The fourth-order valence-electron chi connectivity index (χ4n) is 14.4. The van der Waals surface area contributed by atoms with Crippen molar-refractivity contribution in [3.63, 3.8) is 0 Å². The number of carbonyl (C=O) groups is 12. The zero-order chi connectivity index (χ0) is 58.3. The highest BCUT2D eigenvalue weighted by Crippen LogP contribution is 2.43. The Balaban J connectivity index is 0.884. The molecule has 444 valence electrons. The van der Waals surface area contributed by atoms with Gasteiger partial charge in [-0.3, -0.25) is 57.5 Å². The van der Waals surface area contributed by atoms with E-state index in [1.54, 1.807) is 0 Å². The van der Waals surface area contributed by atoms with Crippen LogP contribution in [0.1, 0.15) is 148 Å². The van der Waals surface area contributed by atoms with Crippen molar-refractivity contribution in [1.82, 2.24) is 26.6 Å². The molecule has 14 atom stereocenters. The standard InChI is InChI=1S/C55H80N6O19/c1-24-5-7-25(8-6-24)57-46(64)34-19-36(42(54(76)77)22-40(34)52(72)73)48(66)60-28-3-2-4-29(17-28)61-49(67)37-20-35(41(53(74)75)23-43(37)55(78)79)47(65)59-27-11-15-31(16-12-27)80-30-13-9-26(10-14-30)58-45(63)33-18-32(44(56)62)38(50(68)69)21-39(33)51(70)71/h24-43H,2-23H2,1H3,(H2,56,62)(H,57,64)(H,58,63)(H,59,65)(H,60,66)(H,61,67)(H,68,69)(H,70,71)(H,72,73)(H,74,75)(H,76,77)(H,78,79). The lowest BCUT2D eigenvalue weighted by atomic mass is 9.67. The molecule has 0 aromatic heterocycles. The number of hydrogen-bond acceptors (Lipinski definition) is 13. The molecule has 7 saturated carbocycles. The first-order valence-corrected chi connectivity index (χ1v) is 28.7. The first-order chi connectivity index (χ1) is 37.9. The van der Waals surface area contributed by atoms with Crippen LogP contribution in [0.4, 0.5) is 0 Å². The highest BCUT2D eigenvalue weighted by atomic mass is 16.5. The van der Waals surface area contributed by atoms with Crippen molar-refractivity contribution in [2.75, 3.05) is 0 Å². The number of aliphatic carboxylic acids is 6. The summed E-state index contributed by atoms with van der Waals surface area (Å²) in [7, 11) is 0. The van der Waals surface area contributed by atoms with E-state index in [9.17, 15) is 88.2 Å². The Kier molecular flexibility index (Phi) is 20.6. The first kappa shape index (κ1) is 61.2.